The van der Waals surface area contributed by atoms with E-state index in [9.17, 15) is 24.9 Å². The van der Waals surface area contributed by atoms with Gasteiger partial charge in [0.05, 0.1) is 12.2 Å². The van der Waals surface area contributed by atoms with Crippen molar-refractivity contribution < 1.29 is 48.6 Å². The molecule has 12 atom stereocenters. The highest BCUT2D eigenvalue weighted by Gasteiger charge is 2.90. The summed E-state index contributed by atoms with van der Waals surface area (Å²) < 4.78 is 33.3. The molecule has 0 radical (unpaired) electrons. The molecule has 3 bridgehead atoms. The van der Waals surface area contributed by atoms with Crippen LogP contribution >= 0.6 is 0 Å². The lowest BCUT2D eigenvalue weighted by Gasteiger charge is -2.61. The molecule has 46 heavy (non-hydrogen) atoms. The molecule has 2 aromatic carbocycles. The van der Waals surface area contributed by atoms with Crippen molar-refractivity contribution in [2.45, 2.75) is 73.6 Å². The summed E-state index contributed by atoms with van der Waals surface area (Å²) in [5, 5.41) is 34.9. The van der Waals surface area contributed by atoms with Crippen LogP contribution in [-0.4, -0.2) is 80.5 Å². The zero-order valence-electron chi connectivity index (χ0n) is 25.7. The summed E-state index contributed by atoms with van der Waals surface area (Å²) in [7, 11) is 0. The molecule has 2 aromatic rings. The van der Waals surface area contributed by atoms with Crippen LogP contribution in [0.25, 0.3) is 6.08 Å². The molecule has 10 nitrogen and oxygen atoms in total. The van der Waals surface area contributed by atoms with Gasteiger partial charge < -0.3 is 39.0 Å². The predicted molar refractivity (Wildman–Crippen MR) is 161 cm³/mol. The number of rotatable bonds is 6. The number of hydrogen-bond donors (Lipinski definition) is 3. The van der Waals surface area contributed by atoms with Gasteiger partial charge in [-0.3, -0.25) is 4.79 Å². The molecule has 0 aromatic heterocycles. The van der Waals surface area contributed by atoms with Crippen LogP contribution in [0, 0.1) is 17.8 Å². The summed E-state index contributed by atoms with van der Waals surface area (Å²) in [5.74, 6) is -5.94. The quantitative estimate of drug-likeness (QED) is 0.189. The number of carbonyl (C=O) groups excluding carboxylic acids is 2. The molecule has 1 unspecified atom stereocenters. The van der Waals surface area contributed by atoms with Gasteiger partial charge in [-0.05, 0) is 36.6 Å². The molecule has 3 heterocycles. The summed E-state index contributed by atoms with van der Waals surface area (Å²) in [4.78, 5) is 27.4. The fraction of sp³-hybridized carbons (Fsp3) is 0.444. The molecule has 2 saturated carbocycles. The van der Waals surface area contributed by atoms with Crippen molar-refractivity contribution in [3.8, 4) is 0 Å². The molecule has 0 amide bonds. The Labute approximate surface area is 265 Å². The van der Waals surface area contributed by atoms with Crippen LogP contribution in [0.3, 0.4) is 0 Å². The first kappa shape index (κ1) is 29.9. The summed E-state index contributed by atoms with van der Waals surface area (Å²) in [6.45, 7) is 8.80. The highest BCUT2D eigenvalue weighted by molar-refractivity contribution is 6.05. The van der Waals surface area contributed by atoms with Crippen LogP contribution in [0.4, 0.5) is 0 Å². The Morgan fingerprint density at radius 2 is 1.72 bits per heavy atom. The monoisotopic (exact) mass is 628 g/mol. The highest BCUT2D eigenvalue weighted by Crippen LogP contribution is 2.74. The van der Waals surface area contributed by atoms with Gasteiger partial charge in [0.2, 0.25) is 0 Å². The number of carbonyl (C=O) groups is 2. The number of esters is 1. The van der Waals surface area contributed by atoms with Gasteiger partial charge in [0.25, 0.3) is 0 Å². The first-order chi connectivity index (χ1) is 21.9. The van der Waals surface area contributed by atoms with Crippen molar-refractivity contribution in [1.29, 1.82) is 0 Å². The average Bonchev–Trinajstić information content (AvgIpc) is 3.68. The van der Waals surface area contributed by atoms with Crippen LogP contribution in [0.15, 0.2) is 90.5 Å². The predicted octanol–water partition coefficient (Wildman–Crippen LogP) is 2.57. The topological polar surface area (TPSA) is 144 Å². The minimum atomic E-state index is -2.43. The van der Waals surface area contributed by atoms with Crippen molar-refractivity contribution in [2.24, 2.45) is 17.8 Å². The number of hydrogen-bond acceptors (Lipinski definition) is 10. The van der Waals surface area contributed by atoms with Crippen molar-refractivity contribution in [1.82, 2.24) is 0 Å². The van der Waals surface area contributed by atoms with Gasteiger partial charge in [0, 0.05) is 29.4 Å². The first-order valence-corrected chi connectivity index (χ1v) is 15.6. The van der Waals surface area contributed by atoms with Crippen molar-refractivity contribution in [3.05, 3.63) is 102 Å². The lowest BCUT2D eigenvalue weighted by atomic mass is 9.53. The fourth-order valence-corrected chi connectivity index (χ4v) is 9.20. The largest absolute Gasteiger partial charge is 0.455 e. The second-order valence-electron chi connectivity index (χ2n) is 13.5. The Morgan fingerprint density at radius 3 is 2.37 bits per heavy atom. The number of Topliss-reactive ketones (excluding diaryl/α,β-unsaturated/α-hetero) is 1. The van der Waals surface area contributed by atoms with Gasteiger partial charge in [0.1, 0.15) is 30.0 Å². The van der Waals surface area contributed by atoms with Gasteiger partial charge in [-0.2, -0.15) is 0 Å². The number of benzene rings is 2. The van der Waals surface area contributed by atoms with E-state index in [0.29, 0.717) is 11.1 Å². The maximum absolute atomic E-state index is 13.8. The van der Waals surface area contributed by atoms with Crippen molar-refractivity contribution >= 4 is 17.8 Å². The minimum absolute atomic E-state index is 0.229. The van der Waals surface area contributed by atoms with Gasteiger partial charge in [-0.25, -0.2) is 4.79 Å². The Bertz CT molecular complexity index is 1710. The van der Waals surface area contributed by atoms with Gasteiger partial charge >= 0.3 is 11.9 Å². The summed E-state index contributed by atoms with van der Waals surface area (Å²) in [6, 6.07) is 18.3. The number of ether oxygens (including phenoxy) is 5. The molecule has 10 heteroatoms. The number of fused-ring (bicyclic) bond motifs is 3. The molecule has 6 aliphatic rings. The van der Waals surface area contributed by atoms with Gasteiger partial charge in [-0.15, -0.1) is 0 Å². The summed E-state index contributed by atoms with van der Waals surface area (Å²) in [5.41, 5.74) is -5.12. The molecule has 240 valence electrons. The summed E-state index contributed by atoms with van der Waals surface area (Å²) in [6.07, 6.45) is -0.138. The lowest BCUT2D eigenvalue weighted by molar-refractivity contribution is -0.440. The van der Waals surface area contributed by atoms with E-state index in [2.05, 4.69) is 6.58 Å². The van der Waals surface area contributed by atoms with Crippen LogP contribution < -0.4 is 0 Å². The normalized spacial score (nSPS) is 46.3. The molecular weight excluding hydrogens is 592 g/mol. The second kappa shape index (κ2) is 9.54. The highest BCUT2D eigenvalue weighted by atomic mass is 16.9. The van der Waals surface area contributed by atoms with Gasteiger partial charge in [0.15, 0.2) is 17.0 Å². The van der Waals surface area contributed by atoms with Crippen LogP contribution in [0.1, 0.15) is 31.9 Å². The average molecular weight is 629 g/mol. The van der Waals surface area contributed by atoms with Crippen LogP contribution in [-0.2, 0) is 39.2 Å². The van der Waals surface area contributed by atoms with E-state index in [1.54, 1.807) is 50.3 Å². The van der Waals surface area contributed by atoms with E-state index in [1.807, 2.05) is 43.3 Å². The summed E-state index contributed by atoms with van der Waals surface area (Å²) >= 11 is 0. The number of aliphatic hydroxyl groups excluding tert-OH is 2. The molecular formula is C36H36O10. The number of epoxide rings is 1. The van der Waals surface area contributed by atoms with E-state index in [-0.39, 0.29) is 5.57 Å². The van der Waals surface area contributed by atoms with E-state index in [1.165, 1.54) is 6.08 Å². The van der Waals surface area contributed by atoms with E-state index < -0.39 is 88.9 Å². The van der Waals surface area contributed by atoms with E-state index in [0.717, 1.165) is 5.56 Å². The molecule has 3 saturated heterocycles. The molecule has 8 rings (SSSR count). The number of ketones is 1. The Balaban J connectivity index is 1.35. The Hall–Kier alpha value is -3.48. The van der Waals surface area contributed by atoms with E-state index >= 15 is 0 Å². The Kier molecular flexibility index (Phi) is 6.20. The van der Waals surface area contributed by atoms with Crippen molar-refractivity contribution in [2.75, 3.05) is 6.61 Å². The number of aliphatic hydroxyl groups is 3. The van der Waals surface area contributed by atoms with Crippen molar-refractivity contribution in [3.63, 3.8) is 0 Å². The standard InChI is InChI=1S/C36H36O10/c1-19(2)34-28(42-25(38)16-15-22-11-7-5-8-12-22)21(4)35-24-17-20(3)27(39)33(24,41)31(40)32(18-37)29(43-32)26(35)30(34)44-36(45-34,46-35)23-13-9-6-10-14-23/h5-17,21,24,26,28-31,37,40-41H,1,18H2,2-4H3/t21-,24-,26+,28-,29+,30-,31-,32+,33-,34+,35-,36?/m1/s1. The first-order valence-electron chi connectivity index (χ1n) is 15.6. The van der Waals surface area contributed by atoms with Crippen LogP contribution in [0.2, 0.25) is 0 Å². The second-order valence-corrected chi connectivity index (χ2v) is 13.5. The lowest BCUT2D eigenvalue weighted by Crippen LogP contribution is -2.76. The smallest absolute Gasteiger partial charge is 0.331 e. The maximum Gasteiger partial charge on any atom is 0.331 e. The molecule has 0 spiro atoms. The van der Waals surface area contributed by atoms with Gasteiger partial charge in [-0.1, -0.05) is 80.2 Å². The SMILES string of the molecule is C=C(C)[C@@]12OC3(c4ccccc4)O[C@@H]1[C@@H]1[C@@H]4O[C@]4(CO)[C@@H](O)[C@]4(O)C(=O)C(C)=C[C@H]4[C@]1(O3)[C@H](C)[C@H]2OC(=O)C=Cc1ccccc1. The third kappa shape index (κ3) is 3.40. The van der Waals surface area contributed by atoms with E-state index in [4.69, 9.17) is 23.7 Å². The molecule has 3 aliphatic carbocycles. The fourth-order valence-electron chi connectivity index (χ4n) is 9.20. The zero-order valence-corrected chi connectivity index (χ0v) is 25.7. The molecule has 3 aliphatic heterocycles. The molecule has 3 N–H and O–H groups in total. The molecule has 5 fully saturated rings. The maximum atomic E-state index is 13.8. The third-order valence-electron chi connectivity index (χ3n) is 11.3. The zero-order chi connectivity index (χ0) is 32.4. The minimum Gasteiger partial charge on any atom is -0.455 e. The Morgan fingerprint density at radius 1 is 1.04 bits per heavy atom. The van der Waals surface area contributed by atoms with Crippen LogP contribution in [0.5, 0.6) is 0 Å². The third-order valence-corrected chi connectivity index (χ3v) is 11.3.